The number of hydrogen-bond acceptors (Lipinski definition) is 4. The number of hydrogen-bond donors (Lipinski definition) is 2. The van der Waals surface area contributed by atoms with Crippen LogP contribution in [0.4, 0.5) is 13.2 Å². The van der Waals surface area contributed by atoms with Crippen LogP contribution in [-0.4, -0.2) is 19.9 Å². The minimum atomic E-state index is -4.42. The van der Waals surface area contributed by atoms with Crippen LogP contribution < -0.4 is 5.56 Å². The minimum absolute atomic E-state index is 0.143. The summed E-state index contributed by atoms with van der Waals surface area (Å²) in [4.78, 5) is 16.8. The van der Waals surface area contributed by atoms with Crippen LogP contribution in [0.1, 0.15) is 16.8 Å². The number of aromatic amines is 1. The molecule has 9 heteroatoms. The Bertz CT molecular complexity index is 1210. The lowest BCUT2D eigenvalue weighted by atomic mass is 10.1. The van der Waals surface area contributed by atoms with E-state index in [1.165, 1.54) is 28.2 Å². The zero-order valence-corrected chi connectivity index (χ0v) is 15.6. The van der Waals surface area contributed by atoms with Crippen molar-refractivity contribution in [2.45, 2.75) is 12.6 Å². The Morgan fingerprint density at radius 3 is 2.59 bits per heavy atom. The summed E-state index contributed by atoms with van der Waals surface area (Å²) in [5, 5.41) is 14.5. The van der Waals surface area contributed by atoms with Gasteiger partial charge in [-0.25, -0.2) is 4.98 Å². The normalized spacial score (nSPS) is 11.7. The molecule has 0 bridgehead atoms. The highest BCUT2D eigenvalue weighted by Gasteiger charge is 2.30. The Morgan fingerprint density at radius 1 is 1.10 bits per heavy atom. The SMILES string of the molecule is O=c1cc(Cc2cccc(C(F)(F)F)c2)[nH]n1-c1nc(-c2ccc(O)cc2)cs1. The van der Waals surface area contributed by atoms with Crippen molar-refractivity contribution in [3.05, 3.63) is 87.2 Å². The van der Waals surface area contributed by atoms with Gasteiger partial charge in [-0.3, -0.25) is 9.89 Å². The van der Waals surface area contributed by atoms with Crippen molar-refractivity contribution < 1.29 is 18.3 Å². The first kappa shape index (κ1) is 19.0. The Kier molecular flexibility index (Phi) is 4.75. The summed E-state index contributed by atoms with van der Waals surface area (Å²) in [5.74, 6) is 0.143. The molecule has 148 valence electrons. The predicted molar refractivity (Wildman–Crippen MR) is 103 cm³/mol. The Morgan fingerprint density at radius 2 is 1.86 bits per heavy atom. The first-order valence-corrected chi connectivity index (χ1v) is 9.40. The molecular weight excluding hydrogens is 403 g/mol. The maximum Gasteiger partial charge on any atom is 0.416 e. The number of thiazole rings is 1. The topological polar surface area (TPSA) is 70.9 Å². The monoisotopic (exact) mass is 417 g/mol. The van der Waals surface area contributed by atoms with Gasteiger partial charge in [0.2, 0.25) is 5.13 Å². The van der Waals surface area contributed by atoms with Gasteiger partial charge in [0.1, 0.15) is 5.75 Å². The largest absolute Gasteiger partial charge is 0.508 e. The van der Waals surface area contributed by atoms with Gasteiger partial charge >= 0.3 is 6.18 Å². The number of phenolic OH excluding ortho intramolecular Hbond substituents is 1. The van der Waals surface area contributed by atoms with Gasteiger partial charge in [0.25, 0.3) is 5.56 Å². The number of H-pyrrole nitrogens is 1. The van der Waals surface area contributed by atoms with Crippen molar-refractivity contribution >= 4 is 11.3 Å². The number of halogens is 3. The zero-order chi connectivity index (χ0) is 20.6. The Hall–Kier alpha value is -3.33. The van der Waals surface area contributed by atoms with E-state index in [9.17, 15) is 23.1 Å². The van der Waals surface area contributed by atoms with Gasteiger partial charge in [0.05, 0.1) is 11.3 Å². The van der Waals surface area contributed by atoms with Crippen LogP contribution in [0.25, 0.3) is 16.4 Å². The maximum absolute atomic E-state index is 12.9. The minimum Gasteiger partial charge on any atom is -0.508 e. The summed E-state index contributed by atoms with van der Waals surface area (Å²) < 4.78 is 39.9. The number of phenols is 1. The number of aromatic nitrogens is 3. The van der Waals surface area contributed by atoms with Crippen molar-refractivity contribution in [2.75, 3.05) is 0 Å². The molecule has 0 aliphatic heterocycles. The van der Waals surface area contributed by atoms with Crippen molar-refractivity contribution in [1.82, 2.24) is 14.8 Å². The van der Waals surface area contributed by atoms with E-state index in [2.05, 4.69) is 10.1 Å². The van der Waals surface area contributed by atoms with Crippen LogP contribution in [0.3, 0.4) is 0 Å². The van der Waals surface area contributed by atoms with E-state index in [1.54, 1.807) is 35.7 Å². The van der Waals surface area contributed by atoms with Gasteiger partial charge in [-0.05, 0) is 35.9 Å². The summed E-state index contributed by atoms with van der Waals surface area (Å²) in [6.45, 7) is 0. The van der Waals surface area contributed by atoms with Crippen molar-refractivity contribution in [3.63, 3.8) is 0 Å². The lowest BCUT2D eigenvalue weighted by Gasteiger charge is -2.08. The van der Waals surface area contributed by atoms with E-state index in [-0.39, 0.29) is 17.7 Å². The zero-order valence-electron chi connectivity index (χ0n) is 14.8. The number of nitrogens with zero attached hydrogens (tertiary/aromatic N) is 2. The number of aromatic hydroxyl groups is 1. The highest BCUT2D eigenvalue weighted by Crippen LogP contribution is 2.30. The maximum atomic E-state index is 12.9. The third-order valence-electron chi connectivity index (χ3n) is 4.27. The summed E-state index contributed by atoms with van der Waals surface area (Å²) >= 11 is 1.25. The van der Waals surface area contributed by atoms with Gasteiger partial charge in [-0.15, -0.1) is 11.3 Å². The molecule has 0 spiro atoms. The van der Waals surface area contributed by atoms with Gasteiger partial charge in [-0.2, -0.15) is 17.9 Å². The van der Waals surface area contributed by atoms with E-state index in [4.69, 9.17) is 0 Å². The van der Waals surface area contributed by atoms with Crippen LogP contribution in [0.5, 0.6) is 5.75 Å². The van der Waals surface area contributed by atoms with Crippen LogP contribution in [0.2, 0.25) is 0 Å². The molecule has 0 aliphatic carbocycles. The molecule has 4 rings (SSSR count). The number of alkyl halides is 3. The molecule has 2 N–H and O–H groups in total. The van der Waals surface area contributed by atoms with Crippen molar-refractivity contribution in [2.24, 2.45) is 0 Å². The summed E-state index contributed by atoms with van der Waals surface area (Å²) in [5.41, 5.74) is 1.28. The fraction of sp³-hybridized carbons (Fsp3) is 0.100. The molecule has 2 heterocycles. The highest BCUT2D eigenvalue weighted by atomic mass is 32.1. The molecule has 5 nitrogen and oxygen atoms in total. The molecule has 2 aromatic heterocycles. The molecule has 0 atom stereocenters. The van der Waals surface area contributed by atoms with Crippen LogP contribution in [-0.2, 0) is 12.6 Å². The molecule has 29 heavy (non-hydrogen) atoms. The molecule has 0 unspecified atom stereocenters. The highest BCUT2D eigenvalue weighted by molar-refractivity contribution is 7.12. The van der Waals surface area contributed by atoms with Gasteiger partial charge in [0, 0.05) is 29.1 Å². The number of rotatable bonds is 4. The smallest absolute Gasteiger partial charge is 0.416 e. The lowest BCUT2D eigenvalue weighted by molar-refractivity contribution is -0.137. The summed E-state index contributed by atoms with van der Waals surface area (Å²) in [6.07, 6.45) is -4.26. The molecule has 0 radical (unpaired) electrons. The van der Waals surface area contributed by atoms with Crippen molar-refractivity contribution in [1.29, 1.82) is 0 Å². The van der Waals surface area contributed by atoms with E-state index >= 15 is 0 Å². The summed E-state index contributed by atoms with van der Waals surface area (Å²) in [7, 11) is 0. The average molecular weight is 417 g/mol. The fourth-order valence-electron chi connectivity index (χ4n) is 2.89. The van der Waals surface area contributed by atoms with E-state index in [1.807, 2.05) is 0 Å². The third-order valence-corrected chi connectivity index (χ3v) is 5.09. The summed E-state index contributed by atoms with van der Waals surface area (Å²) in [6, 6.07) is 12.9. The number of benzene rings is 2. The molecule has 0 aliphatic rings. The van der Waals surface area contributed by atoms with Crippen LogP contribution in [0, 0.1) is 0 Å². The molecule has 4 aromatic rings. The molecular formula is C20H14F3N3O2S. The van der Waals surface area contributed by atoms with E-state index in [0.29, 0.717) is 22.1 Å². The van der Waals surface area contributed by atoms with E-state index < -0.39 is 11.7 Å². The second-order valence-corrected chi connectivity index (χ2v) is 7.23. The molecule has 0 amide bonds. The second-order valence-electron chi connectivity index (χ2n) is 6.39. The quantitative estimate of drug-likeness (QED) is 0.510. The van der Waals surface area contributed by atoms with Crippen LogP contribution in [0.15, 0.2) is 64.8 Å². The molecule has 2 aromatic carbocycles. The lowest BCUT2D eigenvalue weighted by Crippen LogP contribution is -2.13. The van der Waals surface area contributed by atoms with Gasteiger partial charge < -0.3 is 5.11 Å². The van der Waals surface area contributed by atoms with E-state index in [0.717, 1.165) is 17.7 Å². The Balaban J connectivity index is 1.59. The first-order chi connectivity index (χ1) is 13.8. The third kappa shape index (κ3) is 4.09. The number of nitrogens with one attached hydrogen (secondary N) is 1. The predicted octanol–water partition coefficient (Wildman–Crippen LogP) is 4.60. The standard InChI is InChI=1S/C20H14F3N3O2S/c21-20(22,23)14-3-1-2-12(8-14)9-15-10-18(28)26(25-15)19-24-17(11-29-19)13-4-6-16(27)7-5-13/h1-8,10-11,25,27H,9H2. The average Bonchev–Trinajstić information content (AvgIpc) is 3.28. The fourth-order valence-corrected chi connectivity index (χ4v) is 3.68. The van der Waals surface area contributed by atoms with Gasteiger partial charge in [0.15, 0.2) is 0 Å². The molecule has 0 saturated carbocycles. The molecule has 0 fully saturated rings. The first-order valence-electron chi connectivity index (χ1n) is 8.52. The van der Waals surface area contributed by atoms with Crippen molar-refractivity contribution in [3.8, 4) is 22.1 Å². The second kappa shape index (κ2) is 7.25. The molecule has 0 saturated heterocycles. The Labute approximate surface area is 166 Å². The van der Waals surface area contributed by atoms with Gasteiger partial charge in [-0.1, -0.05) is 18.2 Å². The van der Waals surface area contributed by atoms with Crippen LogP contribution >= 0.6 is 11.3 Å².